The maximum absolute atomic E-state index is 10.5. The van der Waals surface area contributed by atoms with E-state index in [1.54, 1.807) is 6.21 Å². The van der Waals surface area contributed by atoms with Crippen molar-refractivity contribution in [2.75, 3.05) is 0 Å². The number of rotatable bonds is 2. The third kappa shape index (κ3) is 2.94. The SMILES string of the molecule is CC1=C(/C=N/NC(N)=O)C(C)(C)CC=C1. The highest BCUT2D eigenvalue weighted by atomic mass is 16.2. The zero-order valence-corrected chi connectivity index (χ0v) is 9.37. The van der Waals surface area contributed by atoms with Gasteiger partial charge in [-0.2, -0.15) is 5.10 Å². The largest absolute Gasteiger partial charge is 0.350 e. The van der Waals surface area contributed by atoms with Crippen LogP contribution >= 0.6 is 0 Å². The van der Waals surface area contributed by atoms with E-state index in [4.69, 9.17) is 5.73 Å². The van der Waals surface area contributed by atoms with Crippen LogP contribution in [0.15, 0.2) is 28.4 Å². The molecule has 0 aliphatic heterocycles. The van der Waals surface area contributed by atoms with Crippen molar-refractivity contribution in [1.29, 1.82) is 0 Å². The van der Waals surface area contributed by atoms with Gasteiger partial charge >= 0.3 is 6.03 Å². The number of hydrogen-bond donors (Lipinski definition) is 2. The van der Waals surface area contributed by atoms with Crippen LogP contribution in [0.1, 0.15) is 27.2 Å². The van der Waals surface area contributed by atoms with Crippen LogP contribution in [0.25, 0.3) is 0 Å². The van der Waals surface area contributed by atoms with Gasteiger partial charge in [-0.1, -0.05) is 26.0 Å². The highest BCUT2D eigenvalue weighted by molar-refractivity contribution is 5.84. The molecule has 0 aromatic heterocycles. The van der Waals surface area contributed by atoms with Crippen molar-refractivity contribution in [1.82, 2.24) is 5.43 Å². The minimum absolute atomic E-state index is 0.0572. The van der Waals surface area contributed by atoms with Gasteiger partial charge < -0.3 is 5.73 Å². The molecule has 0 heterocycles. The Labute approximate surface area is 89.9 Å². The number of carbonyl (C=O) groups excluding carboxylic acids is 1. The maximum Gasteiger partial charge on any atom is 0.332 e. The number of urea groups is 1. The number of hydrogen-bond acceptors (Lipinski definition) is 2. The van der Waals surface area contributed by atoms with Gasteiger partial charge in [-0.25, -0.2) is 10.2 Å². The first-order valence-corrected chi connectivity index (χ1v) is 4.90. The number of nitrogens with one attached hydrogen (secondary N) is 1. The predicted octanol–water partition coefficient (Wildman–Crippen LogP) is 1.94. The number of allylic oxidation sites excluding steroid dienone is 4. The Morgan fingerprint density at radius 1 is 1.67 bits per heavy atom. The summed E-state index contributed by atoms with van der Waals surface area (Å²) >= 11 is 0. The monoisotopic (exact) mass is 207 g/mol. The van der Waals surface area contributed by atoms with Crippen molar-refractivity contribution in [3.05, 3.63) is 23.3 Å². The first-order valence-electron chi connectivity index (χ1n) is 4.90. The molecular weight excluding hydrogens is 190 g/mol. The smallest absolute Gasteiger partial charge is 0.332 e. The van der Waals surface area contributed by atoms with Gasteiger partial charge in [0.2, 0.25) is 0 Å². The molecule has 0 radical (unpaired) electrons. The number of hydrazone groups is 1. The van der Waals surface area contributed by atoms with Crippen LogP contribution in [-0.4, -0.2) is 12.2 Å². The van der Waals surface area contributed by atoms with E-state index in [1.807, 2.05) is 6.92 Å². The Kier molecular flexibility index (Phi) is 3.29. The van der Waals surface area contributed by atoms with Crippen molar-refractivity contribution in [2.24, 2.45) is 16.3 Å². The molecule has 82 valence electrons. The lowest BCUT2D eigenvalue weighted by molar-refractivity contribution is 0.249. The lowest BCUT2D eigenvalue weighted by atomic mass is 9.76. The minimum atomic E-state index is -0.645. The van der Waals surface area contributed by atoms with Gasteiger partial charge in [-0.05, 0) is 29.9 Å². The van der Waals surface area contributed by atoms with Gasteiger partial charge in [-0.3, -0.25) is 0 Å². The Hall–Kier alpha value is -1.58. The molecule has 0 spiro atoms. The third-order valence-electron chi connectivity index (χ3n) is 2.52. The summed E-state index contributed by atoms with van der Waals surface area (Å²) in [5.74, 6) is 0. The third-order valence-corrected chi connectivity index (χ3v) is 2.52. The van der Waals surface area contributed by atoms with Crippen molar-refractivity contribution < 1.29 is 4.79 Å². The summed E-state index contributed by atoms with van der Waals surface area (Å²) in [6.07, 6.45) is 6.86. The molecule has 4 heteroatoms. The van der Waals surface area contributed by atoms with Gasteiger partial charge in [0.15, 0.2) is 0 Å². The Morgan fingerprint density at radius 2 is 2.33 bits per heavy atom. The van der Waals surface area contributed by atoms with E-state index < -0.39 is 6.03 Å². The molecule has 1 aliphatic carbocycles. The highest BCUT2D eigenvalue weighted by Gasteiger charge is 2.24. The number of nitrogens with two attached hydrogens (primary N) is 1. The molecule has 0 saturated carbocycles. The Morgan fingerprint density at radius 3 is 2.87 bits per heavy atom. The number of primary amides is 1. The second-order valence-corrected chi connectivity index (χ2v) is 4.32. The molecule has 3 N–H and O–H groups in total. The fourth-order valence-electron chi connectivity index (χ4n) is 1.70. The normalized spacial score (nSPS) is 19.7. The summed E-state index contributed by atoms with van der Waals surface area (Å²) in [4.78, 5) is 10.5. The summed E-state index contributed by atoms with van der Waals surface area (Å²) < 4.78 is 0. The summed E-state index contributed by atoms with van der Waals surface area (Å²) in [7, 11) is 0. The fraction of sp³-hybridized carbons (Fsp3) is 0.455. The second-order valence-electron chi connectivity index (χ2n) is 4.32. The van der Waals surface area contributed by atoms with Crippen LogP contribution < -0.4 is 11.2 Å². The van der Waals surface area contributed by atoms with Crippen molar-refractivity contribution in [3.8, 4) is 0 Å². The van der Waals surface area contributed by atoms with Crippen LogP contribution in [0.5, 0.6) is 0 Å². The summed E-state index contributed by atoms with van der Waals surface area (Å²) in [6.45, 7) is 6.32. The van der Waals surface area contributed by atoms with E-state index in [9.17, 15) is 4.79 Å². The zero-order chi connectivity index (χ0) is 11.5. The molecule has 1 rings (SSSR count). The number of amides is 2. The van der Waals surface area contributed by atoms with Crippen LogP contribution in [0, 0.1) is 5.41 Å². The summed E-state index contributed by atoms with van der Waals surface area (Å²) in [5, 5.41) is 3.80. The average Bonchev–Trinajstić information content (AvgIpc) is 2.09. The molecule has 1 aliphatic rings. The molecule has 0 atom stereocenters. The molecule has 0 aromatic carbocycles. The van der Waals surface area contributed by atoms with Crippen LogP contribution in [-0.2, 0) is 0 Å². The van der Waals surface area contributed by atoms with Gasteiger partial charge in [-0.15, -0.1) is 0 Å². The van der Waals surface area contributed by atoms with E-state index in [0.29, 0.717) is 0 Å². The Bertz CT molecular complexity index is 351. The van der Waals surface area contributed by atoms with Gasteiger partial charge in [0.1, 0.15) is 0 Å². The predicted molar refractivity (Wildman–Crippen MR) is 61.4 cm³/mol. The molecule has 0 fully saturated rings. The molecule has 4 nitrogen and oxygen atoms in total. The topological polar surface area (TPSA) is 67.5 Å². The van der Waals surface area contributed by atoms with Crippen molar-refractivity contribution in [2.45, 2.75) is 27.2 Å². The van der Waals surface area contributed by atoms with Crippen molar-refractivity contribution >= 4 is 12.2 Å². The van der Waals surface area contributed by atoms with E-state index in [-0.39, 0.29) is 5.41 Å². The highest BCUT2D eigenvalue weighted by Crippen LogP contribution is 2.35. The van der Waals surface area contributed by atoms with Crippen LogP contribution in [0.2, 0.25) is 0 Å². The van der Waals surface area contributed by atoms with Crippen molar-refractivity contribution in [3.63, 3.8) is 0 Å². The van der Waals surface area contributed by atoms with Crippen LogP contribution in [0.4, 0.5) is 4.79 Å². The van der Waals surface area contributed by atoms with Crippen LogP contribution in [0.3, 0.4) is 0 Å². The molecule has 0 saturated heterocycles. The van der Waals surface area contributed by atoms with E-state index in [2.05, 4.69) is 36.5 Å². The molecule has 2 amide bonds. The number of carbonyl (C=O) groups is 1. The quantitative estimate of drug-likeness (QED) is 0.527. The fourth-order valence-corrected chi connectivity index (χ4v) is 1.70. The van der Waals surface area contributed by atoms with E-state index >= 15 is 0 Å². The Balaban J connectivity index is 2.85. The molecule has 0 aromatic rings. The number of nitrogens with zero attached hydrogens (tertiary/aromatic N) is 1. The maximum atomic E-state index is 10.5. The first kappa shape index (κ1) is 11.5. The molecule has 0 bridgehead atoms. The van der Waals surface area contributed by atoms with E-state index in [0.717, 1.165) is 12.0 Å². The summed E-state index contributed by atoms with van der Waals surface area (Å²) in [6, 6.07) is -0.645. The lowest BCUT2D eigenvalue weighted by Gasteiger charge is -2.28. The molecule has 15 heavy (non-hydrogen) atoms. The molecule has 0 unspecified atom stereocenters. The van der Waals surface area contributed by atoms with Gasteiger partial charge in [0, 0.05) is 0 Å². The van der Waals surface area contributed by atoms with E-state index in [1.165, 1.54) is 5.57 Å². The zero-order valence-electron chi connectivity index (χ0n) is 9.37. The van der Waals surface area contributed by atoms with Gasteiger partial charge in [0.05, 0.1) is 6.21 Å². The standard InChI is InChI=1S/C11H17N3O/c1-8-5-4-6-11(2,3)9(8)7-13-14-10(12)15/h4-5,7H,6H2,1-3H3,(H3,12,14,15)/b13-7+. The van der Waals surface area contributed by atoms with Gasteiger partial charge in [0.25, 0.3) is 0 Å². The average molecular weight is 207 g/mol. The first-order chi connectivity index (χ1) is 6.93. The lowest BCUT2D eigenvalue weighted by Crippen LogP contribution is -2.26. The second kappa shape index (κ2) is 4.29. The minimum Gasteiger partial charge on any atom is -0.350 e. The summed E-state index contributed by atoms with van der Waals surface area (Å²) in [5.41, 5.74) is 9.47. The molecular formula is C11H17N3O.